The topological polar surface area (TPSA) is 37.3 Å². The first-order valence-electron chi connectivity index (χ1n) is 2.69. The molecule has 0 heterocycles. The molecule has 3 heteroatoms. The normalized spacial score (nSPS) is 8.45. The number of rotatable bonds is 1. The number of carbonyl (C=O) groups is 1. The molecule has 0 radical (unpaired) electrons. The second-order valence-electron chi connectivity index (χ2n) is 1.81. The van der Waals surface area contributed by atoms with E-state index in [1.54, 1.807) is 24.3 Å². The van der Waals surface area contributed by atoms with Crippen LogP contribution in [0.2, 0.25) is 0 Å². The van der Waals surface area contributed by atoms with Crippen LogP contribution in [-0.4, -0.2) is 11.1 Å². The third-order valence-electron chi connectivity index (χ3n) is 1.09. The van der Waals surface area contributed by atoms with Gasteiger partial charge >= 0.3 is 5.97 Å². The van der Waals surface area contributed by atoms with Gasteiger partial charge in [0.25, 0.3) is 0 Å². The highest BCUT2D eigenvalue weighted by molar-refractivity contribution is 9.10. The molecule has 11 heavy (non-hydrogen) atoms. The molecule has 60 valence electrons. The summed E-state index contributed by atoms with van der Waals surface area (Å²) in [7, 11) is 0. The second kappa shape index (κ2) is 4.13. The third-order valence-corrected chi connectivity index (χ3v) is 1.62. The van der Waals surface area contributed by atoms with Gasteiger partial charge in [-0.25, -0.2) is 4.79 Å². The van der Waals surface area contributed by atoms with Crippen molar-refractivity contribution in [3.05, 3.63) is 34.3 Å². The van der Waals surface area contributed by atoms with Gasteiger partial charge in [-0.05, 0) is 24.3 Å². The SMILES string of the molecule is C.O=C(O)c1ccc(Br)cc1. The first-order valence-corrected chi connectivity index (χ1v) is 3.48. The second-order valence-corrected chi connectivity index (χ2v) is 2.73. The molecule has 1 N–H and O–H groups in total. The molecule has 0 atom stereocenters. The predicted octanol–water partition coefficient (Wildman–Crippen LogP) is 2.78. The predicted molar refractivity (Wildman–Crippen MR) is 47.8 cm³/mol. The minimum absolute atomic E-state index is 0. The quantitative estimate of drug-likeness (QED) is 0.785. The molecule has 1 rings (SSSR count). The van der Waals surface area contributed by atoms with Crippen LogP contribution in [0.3, 0.4) is 0 Å². The maximum absolute atomic E-state index is 10.3. The van der Waals surface area contributed by atoms with Gasteiger partial charge in [0.05, 0.1) is 5.56 Å². The maximum Gasteiger partial charge on any atom is 0.335 e. The molecular weight excluding hydrogens is 208 g/mol. The fourth-order valence-corrected chi connectivity index (χ4v) is 0.857. The number of aromatic carboxylic acids is 1. The average Bonchev–Trinajstić information content (AvgIpc) is 1.88. The van der Waals surface area contributed by atoms with Crippen molar-refractivity contribution < 1.29 is 9.90 Å². The summed E-state index contributed by atoms with van der Waals surface area (Å²) in [6.07, 6.45) is 0. The Bertz CT molecular complexity index is 241. The van der Waals surface area contributed by atoms with Gasteiger partial charge in [-0.2, -0.15) is 0 Å². The van der Waals surface area contributed by atoms with Crippen LogP contribution in [0.5, 0.6) is 0 Å². The van der Waals surface area contributed by atoms with E-state index in [1.165, 1.54) is 0 Å². The maximum atomic E-state index is 10.3. The Kier molecular flexibility index (Phi) is 3.82. The molecule has 0 aliphatic carbocycles. The van der Waals surface area contributed by atoms with Gasteiger partial charge in [0.15, 0.2) is 0 Å². The van der Waals surface area contributed by atoms with Crippen molar-refractivity contribution in [2.45, 2.75) is 7.43 Å². The van der Waals surface area contributed by atoms with Gasteiger partial charge in [0.2, 0.25) is 0 Å². The molecule has 0 aliphatic heterocycles. The van der Waals surface area contributed by atoms with Gasteiger partial charge in [0, 0.05) is 4.47 Å². The molecule has 1 aromatic rings. The van der Waals surface area contributed by atoms with E-state index in [9.17, 15) is 4.79 Å². The summed E-state index contributed by atoms with van der Waals surface area (Å²) in [5.41, 5.74) is 0.309. The monoisotopic (exact) mass is 216 g/mol. The van der Waals surface area contributed by atoms with E-state index in [-0.39, 0.29) is 7.43 Å². The molecule has 1 aromatic carbocycles. The molecule has 2 nitrogen and oxygen atoms in total. The Morgan fingerprint density at radius 3 is 2.09 bits per heavy atom. The van der Waals surface area contributed by atoms with Crippen LogP contribution in [0.1, 0.15) is 17.8 Å². The first-order chi connectivity index (χ1) is 4.70. The van der Waals surface area contributed by atoms with Crippen molar-refractivity contribution in [1.29, 1.82) is 0 Å². The van der Waals surface area contributed by atoms with Crippen LogP contribution in [0.25, 0.3) is 0 Å². The van der Waals surface area contributed by atoms with Crippen LogP contribution in [0.15, 0.2) is 28.7 Å². The van der Waals surface area contributed by atoms with Crippen LogP contribution in [0, 0.1) is 0 Å². The molecule has 0 fully saturated rings. The summed E-state index contributed by atoms with van der Waals surface area (Å²) < 4.78 is 0.887. The molecule has 0 bridgehead atoms. The summed E-state index contributed by atoms with van der Waals surface area (Å²) in [6.45, 7) is 0. The number of hydrogen-bond donors (Lipinski definition) is 1. The third kappa shape index (κ3) is 2.72. The van der Waals surface area contributed by atoms with Crippen molar-refractivity contribution >= 4 is 21.9 Å². The van der Waals surface area contributed by atoms with Crippen molar-refractivity contribution in [3.63, 3.8) is 0 Å². The van der Waals surface area contributed by atoms with E-state index in [0.717, 1.165) is 4.47 Å². The zero-order valence-electron chi connectivity index (χ0n) is 5.04. The van der Waals surface area contributed by atoms with Crippen LogP contribution >= 0.6 is 15.9 Å². The number of benzene rings is 1. The van der Waals surface area contributed by atoms with E-state index in [1.807, 2.05) is 0 Å². The average molecular weight is 217 g/mol. The van der Waals surface area contributed by atoms with Crippen molar-refractivity contribution in [2.24, 2.45) is 0 Å². The Morgan fingerprint density at radius 2 is 1.73 bits per heavy atom. The van der Waals surface area contributed by atoms with E-state index >= 15 is 0 Å². The molecular formula is C8H9BrO2. The van der Waals surface area contributed by atoms with Gasteiger partial charge in [-0.3, -0.25) is 0 Å². The highest BCUT2D eigenvalue weighted by Crippen LogP contribution is 2.09. The Morgan fingerprint density at radius 1 is 1.27 bits per heavy atom. The summed E-state index contributed by atoms with van der Waals surface area (Å²) in [6, 6.07) is 6.49. The number of hydrogen-bond acceptors (Lipinski definition) is 1. The fraction of sp³-hybridized carbons (Fsp3) is 0.125. The summed E-state index contributed by atoms with van der Waals surface area (Å²) >= 11 is 3.20. The molecule has 0 unspecified atom stereocenters. The molecule has 0 spiro atoms. The smallest absolute Gasteiger partial charge is 0.335 e. The highest BCUT2D eigenvalue weighted by atomic mass is 79.9. The van der Waals surface area contributed by atoms with Gasteiger partial charge < -0.3 is 5.11 Å². The number of carboxylic acid groups (broad SMARTS) is 1. The van der Waals surface area contributed by atoms with Crippen LogP contribution in [0.4, 0.5) is 0 Å². The lowest BCUT2D eigenvalue weighted by Crippen LogP contribution is -1.94. The van der Waals surface area contributed by atoms with Gasteiger partial charge in [0.1, 0.15) is 0 Å². The van der Waals surface area contributed by atoms with E-state index < -0.39 is 5.97 Å². The summed E-state index contributed by atoms with van der Waals surface area (Å²) in [5.74, 6) is -0.896. The largest absolute Gasteiger partial charge is 0.478 e. The molecule has 0 aliphatic rings. The molecule has 0 aromatic heterocycles. The minimum Gasteiger partial charge on any atom is -0.478 e. The fourth-order valence-electron chi connectivity index (χ4n) is 0.592. The van der Waals surface area contributed by atoms with Crippen LogP contribution in [-0.2, 0) is 0 Å². The Hall–Kier alpha value is -0.830. The lowest BCUT2D eigenvalue weighted by molar-refractivity contribution is 0.0697. The van der Waals surface area contributed by atoms with Crippen molar-refractivity contribution in [2.75, 3.05) is 0 Å². The van der Waals surface area contributed by atoms with Gasteiger partial charge in [-0.15, -0.1) is 0 Å². The zero-order valence-corrected chi connectivity index (χ0v) is 6.63. The van der Waals surface area contributed by atoms with Gasteiger partial charge in [-0.1, -0.05) is 23.4 Å². The lowest BCUT2D eigenvalue weighted by Gasteiger charge is -1.91. The number of carboxylic acids is 1. The molecule has 0 saturated carbocycles. The standard InChI is InChI=1S/C7H5BrO2.CH4/c8-6-3-1-5(2-4-6)7(9)10;/h1-4H,(H,9,10);1H4. The van der Waals surface area contributed by atoms with Crippen molar-refractivity contribution in [3.8, 4) is 0 Å². The summed E-state index contributed by atoms with van der Waals surface area (Å²) in [4.78, 5) is 10.3. The minimum atomic E-state index is -0.896. The van der Waals surface area contributed by atoms with E-state index in [2.05, 4.69) is 15.9 Å². The summed E-state index contributed by atoms with van der Waals surface area (Å²) in [5, 5.41) is 8.46. The van der Waals surface area contributed by atoms with Crippen molar-refractivity contribution in [1.82, 2.24) is 0 Å². The molecule has 0 saturated heterocycles. The van der Waals surface area contributed by atoms with Crippen LogP contribution < -0.4 is 0 Å². The highest BCUT2D eigenvalue weighted by Gasteiger charge is 1.98. The van der Waals surface area contributed by atoms with E-state index in [4.69, 9.17) is 5.11 Å². The Balaban J connectivity index is 0.000001000. The lowest BCUT2D eigenvalue weighted by atomic mass is 10.2. The number of halogens is 1. The molecule has 0 amide bonds. The first kappa shape index (κ1) is 10.2. The van der Waals surface area contributed by atoms with E-state index in [0.29, 0.717) is 5.56 Å². The zero-order chi connectivity index (χ0) is 7.56. The Labute approximate surface area is 74.0 Å².